The van der Waals surface area contributed by atoms with Gasteiger partial charge in [0.25, 0.3) is 5.91 Å². The predicted molar refractivity (Wildman–Crippen MR) is 91.6 cm³/mol. The molecule has 2 aromatic carbocycles. The highest BCUT2D eigenvalue weighted by Crippen LogP contribution is 2.34. The van der Waals surface area contributed by atoms with Gasteiger partial charge in [0.1, 0.15) is 5.82 Å². The van der Waals surface area contributed by atoms with Crippen molar-refractivity contribution in [1.82, 2.24) is 0 Å². The number of carbonyl (C=O) groups is 1. The lowest BCUT2D eigenvalue weighted by Gasteiger charge is -2.10. The van der Waals surface area contributed by atoms with Gasteiger partial charge in [0, 0.05) is 19.0 Å². The van der Waals surface area contributed by atoms with Crippen LogP contribution in [0, 0.1) is 5.82 Å². The van der Waals surface area contributed by atoms with Crippen LogP contribution >= 0.6 is 63.7 Å². The van der Waals surface area contributed by atoms with Crippen molar-refractivity contribution in [1.29, 1.82) is 0 Å². The summed E-state index contributed by atoms with van der Waals surface area (Å²) in [6.07, 6.45) is 0. The van der Waals surface area contributed by atoms with Crippen LogP contribution in [0.5, 0.6) is 0 Å². The van der Waals surface area contributed by atoms with Crippen LogP contribution in [0.2, 0.25) is 0 Å². The van der Waals surface area contributed by atoms with Crippen molar-refractivity contribution in [3.8, 4) is 0 Å². The van der Waals surface area contributed by atoms with E-state index in [0.717, 1.165) is 4.47 Å². The lowest BCUT2D eigenvalue weighted by Crippen LogP contribution is -2.13. The number of anilines is 1. The molecular formula is C13H6Br4FNO. The van der Waals surface area contributed by atoms with Crippen molar-refractivity contribution in [2.24, 2.45) is 0 Å². The van der Waals surface area contributed by atoms with E-state index in [4.69, 9.17) is 0 Å². The Bertz CT molecular complexity index is 667. The van der Waals surface area contributed by atoms with Crippen molar-refractivity contribution in [3.05, 3.63) is 59.6 Å². The van der Waals surface area contributed by atoms with Gasteiger partial charge in [0.15, 0.2) is 0 Å². The molecule has 104 valence electrons. The van der Waals surface area contributed by atoms with Crippen LogP contribution in [-0.4, -0.2) is 5.91 Å². The third-order valence-electron chi connectivity index (χ3n) is 2.43. The van der Waals surface area contributed by atoms with Crippen LogP contribution < -0.4 is 5.32 Å². The maximum absolute atomic E-state index is 13.4. The molecule has 0 radical (unpaired) electrons. The maximum Gasteiger partial charge on any atom is 0.255 e. The topological polar surface area (TPSA) is 29.1 Å². The largest absolute Gasteiger partial charge is 0.320 e. The minimum atomic E-state index is -0.480. The minimum Gasteiger partial charge on any atom is -0.320 e. The predicted octanol–water partition coefficient (Wildman–Crippen LogP) is 6.13. The summed E-state index contributed by atoms with van der Waals surface area (Å²) in [5, 5.41) is 2.73. The Kier molecular flexibility index (Phi) is 5.39. The molecule has 7 heteroatoms. The van der Waals surface area contributed by atoms with E-state index in [1.807, 2.05) is 12.1 Å². The standard InChI is InChI=1S/C13H6Br4FNO/c14-7-4-9(16)12(10(17)5-7)19-13(20)6-1-2-8(15)11(18)3-6/h1-5H,(H,19,20). The van der Waals surface area contributed by atoms with Gasteiger partial charge in [-0.15, -0.1) is 0 Å². The normalized spacial score (nSPS) is 10.4. The van der Waals surface area contributed by atoms with Crippen LogP contribution in [0.15, 0.2) is 48.2 Å². The van der Waals surface area contributed by atoms with Crippen molar-refractivity contribution < 1.29 is 9.18 Å². The highest BCUT2D eigenvalue weighted by atomic mass is 79.9. The molecule has 0 bridgehead atoms. The summed E-state index contributed by atoms with van der Waals surface area (Å²) in [6, 6.07) is 7.84. The molecule has 2 nitrogen and oxygen atoms in total. The molecule has 2 rings (SSSR count). The third kappa shape index (κ3) is 3.69. The number of carbonyl (C=O) groups excluding carboxylic acids is 1. The molecule has 1 N–H and O–H groups in total. The lowest BCUT2D eigenvalue weighted by molar-refractivity contribution is 0.102. The van der Waals surface area contributed by atoms with Gasteiger partial charge in [-0.25, -0.2) is 4.39 Å². The first-order chi connectivity index (χ1) is 9.38. The van der Waals surface area contributed by atoms with Gasteiger partial charge in [-0.1, -0.05) is 15.9 Å². The number of amides is 1. The highest BCUT2D eigenvalue weighted by molar-refractivity contribution is 9.11. The molecule has 0 aliphatic heterocycles. The molecule has 0 spiro atoms. The second-order valence-corrected chi connectivity index (χ2v) is 7.31. The fraction of sp³-hybridized carbons (Fsp3) is 0. The van der Waals surface area contributed by atoms with E-state index < -0.39 is 5.82 Å². The zero-order valence-electron chi connectivity index (χ0n) is 9.68. The van der Waals surface area contributed by atoms with Gasteiger partial charge in [-0.3, -0.25) is 4.79 Å². The average Bonchev–Trinajstić information content (AvgIpc) is 2.36. The maximum atomic E-state index is 13.4. The van der Waals surface area contributed by atoms with Gasteiger partial charge < -0.3 is 5.32 Å². The van der Waals surface area contributed by atoms with E-state index in [9.17, 15) is 9.18 Å². The molecule has 0 aliphatic carbocycles. The first kappa shape index (κ1) is 16.1. The van der Waals surface area contributed by atoms with Gasteiger partial charge in [0.05, 0.1) is 10.2 Å². The van der Waals surface area contributed by atoms with E-state index >= 15 is 0 Å². The molecule has 0 atom stereocenters. The van der Waals surface area contributed by atoms with E-state index in [1.165, 1.54) is 12.1 Å². The summed E-state index contributed by atoms with van der Waals surface area (Å²) in [7, 11) is 0. The molecule has 0 aromatic heterocycles. The Balaban J connectivity index is 2.30. The number of nitrogens with one attached hydrogen (secondary N) is 1. The molecule has 2 aromatic rings. The molecule has 0 saturated carbocycles. The van der Waals surface area contributed by atoms with Gasteiger partial charge >= 0.3 is 0 Å². The number of hydrogen-bond donors (Lipinski definition) is 1. The smallest absolute Gasteiger partial charge is 0.255 e. The van der Waals surface area contributed by atoms with Crippen molar-refractivity contribution in [3.63, 3.8) is 0 Å². The monoisotopic (exact) mass is 527 g/mol. The molecule has 1 amide bonds. The summed E-state index contributed by atoms with van der Waals surface area (Å²) in [6.45, 7) is 0. The summed E-state index contributed by atoms with van der Waals surface area (Å²) < 4.78 is 16.0. The summed E-state index contributed by atoms with van der Waals surface area (Å²) >= 11 is 13.1. The lowest BCUT2D eigenvalue weighted by atomic mass is 10.2. The van der Waals surface area contributed by atoms with E-state index in [1.54, 1.807) is 6.07 Å². The van der Waals surface area contributed by atoms with Crippen LogP contribution in [0.1, 0.15) is 10.4 Å². The van der Waals surface area contributed by atoms with E-state index in [2.05, 4.69) is 69.0 Å². The van der Waals surface area contributed by atoms with Gasteiger partial charge in [-0.2, -0.15) is 0 Å². The molecule has 0 heterocycles. The summed E-state index contributed by atoms with van der Waals surface area (Å²) in [5.74, 6) is -0.869. The van der Waals surface area contributed by atoms with E-state index in [-0.39, 0.29) is 11.5 Å². The molecule has 0 unspecified atom stereocenters. The fourth-order valence-electron chi connectivity index (χ4n) is 1.48. The molecule has 0 aliphatic rings. The first-order valence-corrected chi connectivity index (χ1v) is 8.46. The van der Waals surface area contributed by atoms with Crippen molar-refractivity contribution in [2.75, 3.05) is 5.32 Å². The Morgan fingerprint density at radius 3 is 2.10 bits per heavy atom. The number of benzene rings is 2. The molecule has 20 heavy (non-hydrogen) atoms. The summed E-state index contributed by atoms with van der Waals surface area (Å²) in [4.78, 5) is 12.1. The molecular weight excluding hydrogens is 525 g/mol. The van der Waals surface area contributed by atoms with Crippen LogP contribution in [0.25, 0.3) is 0 Å². The zero-order chi connectivity index (χ0) is 14.9. The quantitative estimate of drug-likeness (QED) is 0.497. The Morgan fingerprint density at radius 2 is 1.55 bits per heavy atom. The number of rotatable bonds is 2. The van der Waals surface area contributed by atoms with Crippen LogP contribution in [0.4, 0.5) is 10.1 Å². The fourth-order valence-corrected chi connectivity index (χ4v) is 4.19. The second-order valence-electron chi connectivity index (χ2n) is 3.83. The molecule has 0 fully saturated rings. The Hall–Kier alpha value is -0.240. The Morgan fingerprint density at radius 1 is 0.950 bits per heavy atom. The van der Waals surface area contributed by atoms with E-state index in [0.29, 0.717) is 19.1 Å². The van der Waals surface area contributed by atoms with Crippen molar-refractivity contribution >= 4 is 75.3 Å². The number of hydrogen-bond acceptors (Lipinski definition) is 1. The minimum absolute atomic E-state index is 0.243. The third-order valence-corrected chi connectivity index (χ3v) is 4.78. The van der Waals surface area contributed by atoms with Gasteiger partial charge in [-0.05, 0) is 78.1 Å². The van der Waals surface area contributed by atoms with Crippen LogP contribution in [-0.2, 0) is 0 Å². The van der Waals surface area contributed by atoms with Gasteiger partial charge in [0.2, 0.25) is 0 Å². The second kappa shape index (κ2) is 6.68. The Labute approximate surface area is 148 Å². The SMILES string of the molecule is O=C(Nc1c(Br)cc(Br)cc1Br)c1ccc(Br)c(F)c1. The van der Waals surface area contributed by atoms with Crippen LogP contribution in [0.3, 0.4) is 0 Å². The molecule has 0 saturated heterocycles. The average molecular weight is 531 g/mol. The highest BCUT2D eigenvalue weighted by Gasteiger charge is 2.13. The number of halogens is 5. The zero-order valence-corrected chi connectivity index (χ0v) is 16.0. The van der Waals surface area contributed by atoms with Crippen molar-refractivity contribution in [2.45, 2.75) is 0 Å². The summed E-state index contributed by atoms with van der Waals surface area (Å²) in [5.41, 5.74) is 0.828. The first-order valence-electron chi connectivity index (χ1n) is 5.29.